The Hall–Kier alpha value is -1.88. The molecule has 1 heterocycles. The lowest BCUT2D eigenvalue weighted by Crippen LogP contribution is -2.19. The fourth-order valence-electron chi connectivity index (χ4n) is 3.15. The molecule has 0 saturated heterocycles. The lowest BCUT2D eigenvalue weighted by atomic mass is 9.97. The minimum Gasteiger partial charge on any atom is -0.508 e. The Bertz CT molecular complexity index is 636. The second kappa shape index (κ2) is 4.90. The Kier molecular flexibility index (Phi) is 3.22. The van der Waals surface area contributed by atoms with Crippen LogP contribution in [0.4, 0.5) is 0 Å². The standard InChI is InChI=1S/C15H19N3O2/c1-8-4-5-12(19)15-11(6-9(2)14(8)15)16-7-13-17-10(3)18-20-13/h4-5,9,11,16,19H,6-7H2,1-3H3. The summed E-state index contributed by atoms with van der Waals surface area (Å²) in [4.78, 5) is 4.18. The van der Waals surface area contributed by atoms with Gasteiger partial charge in [-0.2, -0.15) is 4.98 Å². The van der Waals surface area contributed by atoms with Crippen molar-refractivity contribution in [1.82, 2.24) is 15.5 Å². The molecule has 0 saturated carbocycles. The van der Waals surface area contributed by atoms with Gasteiger partial charge in [-0.15, -0.1) is 0 Å². The van der Waals surface area contributed by atoms with Crippen LogP contribution in [0.25, 0.3) is 0 Å². The smallest absolute Gasteiger partial charge is 0.240 e. The first-order valence-electron chi connectivity index (χ1n) is 6.91. The van der Waals surface area contributed by atoms with E-state index in [1.807, 2.05) is 6.07 Å². The molecule has 2 atom stereocenters. The van der Waals surface area contributed by atoms with Crippen LogP contribution in [0.2, 0.25) is 0 Å². The van der Waals surface area contributed by atoms with Crippen molar-refractivity contribution in [2.75, 3.05) is 0 Å². The molecular weight excluding hydrogens is 254 g/mol. The number of benzene rings is 1. The number of phenolic OH excluding ortho intramolecular Hbond substituents is 1. The number of hydrogen-bond donors (Lipinski definition) is 2. The molecule has 0 aliphatic heterocycles. The van der Waals surface area contributed by atoms with Gasteiger partial charge in [0.1, 0.15) is 5.75 Å². The summed E-state index contributed by atoms with van der Waals surface area (Å²) in [5, 5.41) is 17.3. The van der Waals surface area contributed by atoms with Crippen molar-refractivity contribution in [3.63, 3.8) is 0 Å². The Morgan fingerprint density at radius 2 is 2.15 bits per heavy atom. The molecule has 0 amide bonds. The molecule has 106 valence electrons. The quantitative estimate of drug-likeness (QED) is 0.899. The van der Waals surface area contributed by atoms with Gasteiger partial charge in [-0.3, -0.25) is 0 Å². The number of nitrogens with zero attached hydrogens (tertiary/aromatic N) is 2. The van der Waals surface area contributed by atoms with Gasteiger partial charge in [0.25, 0.3) is 0 Å². The van der Waals surface area contributed by atoms with Crippen LogP contribution in [-0.2, 0) is 6.54 Å². The highest BCUT2D eigenvalue weighted by Crippen LogP contribution is 2.45. The van der Waals surface area contributed by atoms with Crippen LogP contribution < -0.4 is 5.32 Å². The van der Waals surface area contributed by atoms with Gasteiger partial charge in [-0.25, -0.2) is 0 Å². The van der Waals surface area contributed by atoms with E-state index in [1.54, 1.807) is 13.0 Å². The van der Waals surface area contributed by atoms with Crippen molar-refractivity contribution in [2.24, 2.45) is 0 Å². The van der Waals surface area contributed by atoms with E-state index in [-0.39, 0.29) is 6.04 Å². The maximum Gasteiger partial charge on any atom is 0.240 e. The Labute approximate surface area is 118 Å². The lowest BCUT2D eigenvalue weighted by Gasteiger charge is -2.14. The first-order valence-corrected chi connectivity index (χ1v) is 6.91. The highest BCUT2D eigenvalue weighted by atomic mass is 16.5. The maximum atomic E-state index is 10.2. The van der Waals surface area contributed by atoms with E-state index in [2.05, 4.69) is 29.3 Å². The zero-order chi connectivity index (χ0) is 14.3. The molecular formula is C15H19N3O2. The molecule has 2 aromatic rings. The molecule has 1 aromatic carbocycles. The van der Waals surface area contributed by atoms with Crippen LogP contribution in [0.15, 0.2) is 16.7 Å². The van der Waals surface area contributed by atoms with Crippen LogP contribution in [-0.4, -0.2) is 15.2 Å². The number of hydrogen-bond acceptors (Lipinski definition) is 5. The van der Waals surface area contributed by atoms with Crippen molar-refractivity contribution in [2.45, 2.75) is 45.7 Å². The van der Waals surface area contributed by atoms with E-state index in [0.717, 1.165) is 12.0 Å². The highest BCUT2D eigenvalue weighted by molar-refractivity contribution is 5.50. The molecule has 20 heavy (non-hydrogen) atoms. The number of phenols is 1. The maximum absolute atomic E-state index is 10.2. The second-order valence-corrected chi connectivity index (χ2v) is 5.53. The van der Waals surface area contributed by atoms with Gasteiger partial charge in [0.15, 0.2) is 5.82 Å². The highest BCUT2D eigenvalue weighted by Gasteiger charge is 2.32. The van der Waals surface area contributed by atoms with Crippen molar-refractivity contribution in [3.8, 4) is 5.75 Å². The van der Waals surface area contributed by atoms with Crippen LogP contribution in [0.5, 0.6) is 5.75 Å². The van der Waals surface area contributed by atoms with Crippen LogP contribution in [0.1, 0.15) is 53.7 Å². The second-order valence-electron chi connectivity index (χ2n) is 5.53. The third-order valence-electron chi connectivity index (χ3n) is 3.98. The largest absolute Gasteiger partial charge is 0.508 e. The fraction of sp³-hybridized carbons (Fsp3) is 0.467. The molecule has 2 N–H and O–H groups in total. The van der Waals surface area contributed by atoms with E-state index >= 15 is 0 Å². The van der Waals surface area contributed by atoms with Crippen molar-refractivity contribution in [1.29, 1.82) is 0 Å². The van der Waals surface area contributed by atoms with Crippen molar-refractivity contribution < 1.29 is 9.63 Å². The van der Waals surface area contributed by atoms with E-state index in [4.69, 9.17) is 4.52 Å². The van der Waals surface area contributed by atoms with Gasteiger partial charge in [0.05, 0.1) is 6.54 Å². The molecule has 1 aliphatic carbocycles. The summed E-state index contributed by atoms with van der Waals surface area (Å²) < 4.78 is 5.11. The number of aromatic nitrogens is 2. The fourth-order valence-corrected chi connectivity index (χ4v) is 3.15. The van der Waals surface area contributed by atoms with Crippen LogP contribution >= 0.6 is 0 Å². The number of aromatic hydroxyl groups is 1. The van der Waals surface area contributed by atoms with Gasteiger partial charge < -0.3 is 14.9 Å². The lowest BCUT2D eigenvalue weighted by molar-refractivity contribution is 0.351. The van der Waals surface area contributed by atoms with Gasteiger partial charge >= 0.3 is 0 Å². The van der Waals surface area contributed by atoms with E-state index in [9.17, 15) is 5.11 Å². The van der Waals surface area contributed by atoms with Gasteiger partial charge in [0.2, 0.25) is 5.89 Å². The molecule has 5 nitrogen and oxygen atoms in total. The molecule has 0 radical (unpaired) electrons. The molecule has 0 fully saturated rings. The molecule has 3 rings (SSSR count). The van der Waals surface area contributed by atoms with Crippen molar-refractivity contribution in [3.05, 3.63) is 40.5 Å². The number of nitrogens with one attached hydrogen (secondary N) is 1. The summed E-state index contributed by atoms with van der Waals surface area (Å²) in [5.74, 6) is 2.03. The Morgan fingerprint density at radius 3 is 2.85 bits per heavy atom. The van der Waals surface area contributed by atoms with Crippen molar-refractivity contribution >= 4 is 0 Å². The monoisotopic (exact) mass is 273 g/mol. The Morgan fingerprint density at radius 1 is 1.35 bits per heavy atom. The zero-order valence-corrected chi connectivity index (χ0v) is 12.0. The molecule has 2 unspecified atom stereocenters. The molecule has 1 aliphatic rings. The van der Waals surface area contributed by atoms with Gasteiger partial charge in [-0.05, 0) is 43.4 Å². The SMILES string of the molecule is Cc1noc(CNC2CC(C)c3c(C)ccc(O)c32)n1. The van der Waals surface area contributed by atoms with E-state index in [1.165, 1.54) is 11.1 Å². The first-order chi connectivity index (χ1) is 9.56. The summed E-state index contributed by atoms with van der Waals surface area (Å²) in [7, 11) is 0. The predicted molar refractivity (Wildman–Crippen MR) is 74.5 cm³/mol. The Balaban J connectivity index is 1.82. The third-order valence-corrected chi connectivity index (χ3v) is 3.98. The number of aryl methyl sites for hydroxylation is 2. The van der Waals surface area contributed by atoms with Crippen LogP contribution in [0.3, 0.4) is 0 Å². The molecule has 5 heteroatoms. The zero-order valence-electron chi connectivity index (χ0n) is 12.0. The normalized spacial score (nSPS) is 21.1. The summed E-state index contributed by atoms with van der Waals surface area (Å²) in [5.41, 5.74) is 3.53. The summed E-state index contributed by atoms with van der Waals surface area (Å²) in [6, 6.07) is 3.89. The summed E-state index contributed by atoms with van der Waals surface area (Å²) >= 11 is 0. The summed E-state index contributed by atoms with van der Waals surface area (Å²) in [6.45, 7) is 6.61. The van der Waals surface area contributed by atoms with Crippen LogP contribution in [0, 0.1) is 13.8 Å². The van der Waals surface area contributed by atoms with Gasteiger partial charge in [0, 0.05) is 11.6 Å². The molecule has 1 aromatic heterocycles. The molecule has 0 bridgehead atoms. The first kappa shape index (κ1) is 13.1. The molecule has 0 spiro atoms. The van der Waals surface area contributed by atoms with E-state index < -0.39 is 0 Å². The topological polar surface area (TPSA) is 71.2 Å². The summed E-state index contributed by atoms with van der Waals surface area (Å²) in [6.07, 6.45) is 0.973. The minimum absolute atomic E-state index is 0.132. The number of fused-ring (bicyclic) bond motifs is 1. The average molecular weight is 273 g/mol. The average Bonchev–Trinajstić information content (AvgIpc) is 2.96. The minimum atomic E-state index is 0.132. The third kappa shape index (κ3) is 2.18. The number of rotatable bonds is 3. The van der Waals surface area contributed by atoms with Gasteiger partial charge in [-0.1, -0.05) is 18.1 Å². The van der Waals surface area contributed by atoms with E-state index in [0.29, 0.717) is 29.9 Å². The predicted octanol–water partition coefficient (Wildman–Crippen LogP) is 2.73.